The highest BCUT2D eigenvalue weighted by molar-refractivity contribution is 7.12. The number of rotatable bonds is 2. The average Bonchev–Trinajstić information content (AvgIpc) is 2.75. The lowest BCUT2D eigenvalue weighted by atomic mass is 10.0. The van der Waals surface area contributed by atoms with Gasteiger partial charge in [0, 0.05) is 17.2 Å². The smallest absolute Gasteiger partial charge is 0.348 e. The third kappa shape index (κ3) is 2.35. The largest absolute Gasteiger partial charge is 0.465 e. The number of hydrogen-bond acceptors (Lipinski definition) is 3. The average molecular weight is 286 g/mol. The van der Waals surface area contributed by atoms with Crippen molar-refractivity contribution in [2.24, 2.45) is 0 Å². The van der Waals surface area contributed by atoms with Gasteiger partial charge in [0.05, 0.1) is 7.11 Å². The standard InChI is InChI=1S/C13H9F3O2S/c1-6-5-19-12(13(17)18-2)11(6)7-3-9(15)10(16)4-8(7)14/h3-5H,1-2H3. The number of thiophene rings is 1. The van der Waals surface area contributed by atoms with Gasteiger partial charge in [0.2, 0.25) is 0 Å². The van der Waals surface area contributed by atoms with Gasteiger partial charge in [0.15, 0.2) is 11.6 Å². The summed E-state index contributed by atoms with van der Waals surface area (Å²) in [5, 5.41) is 1.63. The number of hydrogen-bond donors (Lipinski definition) is 0. The SMILES string of the molecule is COC(=O)c1scc(C)c1-c1cc(F)c(F)cc1F. The van der Waals surface area contributed by atoms with Crippen molar-refractivity contribution in [3.8, 4) is 11.1 Å². The third-order valence-corrected chi connectivity index (χ3v) is 3.70. The van der Waals surface area contributed by atoms with E-state index in [-0.39, 0.29) is 16.0 Å². The van der Waals surface area contributed by atoms with Crippen molar-refractivity contribution < 1.29 is 22.7 Å². The van der Waals surface area contributed by atoms with Gasteiger partial charge >= 0.3 is 5.97 Å². The highest BCUT2D eigenvalue weighted by atomic mass is 32.1. The predicted octanol–water partition coefficient (Wildman–Crippen LogP) is 3.93. The molecule has 2 rings (SSSR count). The van der Waals surface area contributed by atoms with Crippen LogP contribution in [-0.2, 0) is 4.74 Å². The van der Waals surface area contributed by atoms with Crippen LogP contribution in [0.3, 0.4) is 0 Å². The fourth-order valence-corrected chi connectivity index (χ4v) is 2.72. The van der Waals surface area contributed by atoms with E-state index >= 15 is 0 Å². The zero-order chi connectivity index (χ0) is 14.2. The van der Waals surface area contributed by atoms with E-state index in [1.807, 2.05) is 0 Å². The van der Waals surface area contributed by atoms with Crippen molar-refractivity contribution in [3.63, 3.8) is 0 Å². The molecule has 0 aliphatic rings. The summed E-state index contributed by atoms with van der Waals surface area (Å²) in [7, 11) is 1.20. The number of ether oxygens (including phenoxy) is 1. The second-order valence-corrected chi connectivity index (χ2v) is 4.74. The van der Waals surface area contributed by atoms with Crippen molar-refractivity contribution in [1.82, 2.24) is 0 Å². The number of aryl methyl sites for hydroxylation is 1. The van der Waals surface area contributed by atoms with Crippen LogP contribution < -0.4 is 0 Å². The number of benzene rings is 1. The summed E-state index contributed by atoms with van der Waals surface area (Å²) in [5.41, 5.74) is 0.668. The highest BCUT2D eigenvalue weighted by Crippen LogP contribution is 2.35. The van der Waals surface area contributed by atoms with Gasteiger partial charge < -0.3 is 4.74 Å². The van der Waals surface area contributed by atoms with Crippen LogP contribution in [0.25, 0.3) is 11.1 Å². The van der Waals surface area contributed by atoms with Crippen LogP contribution in [0.4, 0.5) is 13.2 Å². The van der Waals surface area contributed by atoms with Crippen molar-refractivity contribution >= 4 is 17.3 Å². The van der Waals surface area contributed by atoms with E-state index in [4.69, 9.17) is 0 Å². The zero-order valence-corrected chi connectivity index (χ0v) is 10.9. The predicted molar refractivity (Wildman–Crippen MR) is 65.7 cm³/mol. The summed E-state index contributed by atoms with van der Waals surface area (Å²) in [5.74, 6) is -4.01. The molecule has 0 spiro atoms. The van der Waals surface area contributed by atoms with E-state index in [2.05, 4.69) is 4.74 Å². The van der Waals surface area contributed by atoms with E-state index in [9.17, 15) is 18.0 Å². The number of carbonyl (C=O) groups excluding carboxylic acids is 1. The first-order chi connectivity index (χ1) is 8.95. The molecule has 1 heterocycles. The van der Waals surface area contributed by atoms with E-state index in [0.717, 1.165) is 17.4 Å². The molecule has 1 aromatic carbocycles. The molecule has 0 amide bonds. The Bertz CT molecular complexity index is 650. The lowest BCUT2D eigenvalue weighted by Gasteiger charge is -2.07. The Morgan fingerprint density at radius 1 is 1.16 bits per heavy atom. The quantitative estimate of drug-likeness (QED) is 0.617. The molecule has 0 fully saturated rings. The molecule has 100 valence electrons. The van der Waals surface area contributed by atoms with E-state index < -0.39 is 23.4 Å². The topological polar surface area (TPSA) is 26.3 Å². The fourth-order valence-electron chi connectivity index (χ4n) is 1.74. The molecule has 6 heteroatoms. The van der Waals surface area contributed by atoms with Crippen molar-refractivity contribution in [3.05, 3.63) is 45.4 Å². The van der Waals surface area contributed by atoms with Crippen LogP contribution in [0.2, 0.25) is 0 Å². The van der Waals surface area contributed by atoms with Crippen LogP contribution in [0.1, 0.15) is 15.2 Å². The van der Waals surface area contributed by atoms with Gasteiger partial charge in [-0.05, 0) is 23.9 Å². The Morgan fingerprint density at radius 3 is 2.42 bits per heavy atom. The van der Waals surface area contributed by atoms with E-state index in [1.54, 1.807) is 12.3 Å². The van der Waals surface area contributed by atoms with Crippen molar-refractivity contribution in [2.45, 2.75) is 6.92 Å². The molecule has 0 atom stereocenters. The van der Waals surface area contributed by atoms with Crippen LogP contribution in [-0.4, -0.2) is 13.1 Å². The minimum atomic E-state index is -1.27. The maximum Gasteiger partial charge on any atom is 0.348 e. The Morgan fingerprint density at radius 2 is 1.79 bits per heavy atom. The maximum atomic E-state index is 13.8. The summed E-state index contributed by atoms with van der Waals surface area (Å²) in [6.07, 6.45) is 0. The van der Waals surface area contributed by atoms with Crippen molar-refractivity contribution in [1.29, 1.82) is 0 Å². The van der Waals surface area contributed by atoms with Crippen LogP contribution in [0.5, 0.6) is 0 Å². The summed E-state index contributed by atoms with van der Waals surface area (Å²) in [6.45, 7) is 1.65. The lowest BCUT2D eigenvalue weighted by molar-refractivity contribution is 0.0607. The Kier molecular flexibility index (Phi) is 3.61. The molecule has 0 saturated carbocycles. The van der Waals surface area contributed by atoms with Crippen LogP contribution in [0, 0.1) is 24.4 Å². The molecule has 0 aliphatic heterocycles. The van der Waals surface area contributed by atoms with Gasteiger partial charge in [0.25, 0.3) is 0 Å². The molecule has 2 aromatic rings. The summed E-state index contributed by atoms with van der Waals surface area (Å²) >= 11 is 1.07. The summed E-state index contributed by atoms with van der Waals surface area (Å²) in [4.78, 5) is 11.7. The normalized spacial score (nSPS) is 10.6. The second kappa shape index (κ2) is 5.05. The van der Waals surface area contributed by atoms with Gasteiger partial charge in [-0.15, -0.1) is 11.3 Å². The van der Waals surface area contributed by atoms with Crippen molar-refractivity contribution in [2.75, 3.05) is 7.11 Å². The number of halogens is 3. The highest BCUT2D eigenvalue weighted by Gasteiger charge is 2.22. The van der Waals surface area contributed by atoms with E-state index in [0.29, 0.717) is 11.6 Å². The fraction of sp³-hybridized carbons (Fsp3) is 0.154. The van der Waals surface area contributed by atoms with Gasteiger partial charge in [-0.2, -0.15) is 0 Å². The molecule has 0 bridgehead atoms. The van der Waals surface area contributed by atoms with Gasteiger partial charge in [0.1, 0.15) is 10.7 Å². The molecule has 0 saturated heterocycles. The molecular weight excluding hydrogens is 277 g/mol. The second-order valence-electron chi connectivity index (χ2n) is 3.86. The molecule has 0 aliphatic carbocycles. The monoisotopic (exact) mass is 286 g/mol. The zero-order valence-electron chi connectivity index (χ0n) is 10.1. The molecule has 1 aromatic heterocycles. The van der Waals surface area contributed by atoms with E-state index in [1.165, 1.54) is 7.11 Å². The Labute approximate surface area is 111 Å². The maximum absolute atomic E-state index is 13.8. The number of carbonyl (C=O) groups is 1. The first kappa shape index (κ1) is 13.6. The summed E-state index contributed by atoms with van der Waals surface area (Å²) in [6, 6.07) is 1.20. The first-order valence-electron chi connectivity index (χ1n) is 5.27. The van der Waals surface area contributed by atoms with Gasteiger partial charge in [-0.3, -0.25) is 0 Å². The minimum absolute atomic E-state index is 0.155. The molecule has 0 unspecified atom stereocenters. The molecular formula is C13H9F3O2S. The molecule has 0 N–H and O–H groups in total. The Balaban J connectivity index is 2.68. The Hall–Kier alpha value is -1.82. The molecule has 0 radical (unpaired) electrons. The van der Waals surface area contributed by atoms with Crippen LogP contribution in [0.15, 0.2) is 17.5 Å². The van der Waals surface area contributed by atoms with Gasteiger partial charge in [-0.1, -0.05) is 0 Å². The van der Waals surface area contributed by atoms with Gasteiger partial charge in [-0.25, -0.2) is 18.0 Å². The number of esters is 1. The summed E-state index contributed by atoms with van der Waals surface area (Å²) < 4.78 is 44.5. The third-order valence-electron chi connectivity index (χ3n) is 2.63. The lowest BCUT2D eigenvalue weighted by Crippen LogP contribution is -2.02. The molecule has 19 heavy (non-hydrogen) atoms. The number of methoxy groups -OCH3 is 1. The minimum Gasteiger partial charge on any atom is -0.465 e. The van der Waals surface area contributed by atoms with Crippen LogP contribution >= 0.6 is 11.3 Å². The molecule has 2 nitrogen and oxygen atoms in total. The first-order valence-corrected chi connectivity index (χ1v) is 6.15.